The Kier molecular flexibility index (Phi) is 14.0. The summed E-state index contributed by atoms with van der Waals surface area (Å²) in [4.78, 5) is 20.6. The van der Waals surface area contributed by atoms with Crippen molar-refractivity contribution in [3.05, 3.63) is 43.5 Å². The number of hydrogen-bond acceptors (Lipinski definition) is 13. The van der Waals surface area contributed by atoms with Crippen molar-refractivity contribution >= 4 is 11.4 Å². The van der Waals surface area contributed by atoms with Crippen LogP contribution in [0.3, 0.4) is 0 Å². The maximum absolute atomic E-state index is 11.0. The average Bonchev–Trinajstić information content (AvgIpc) is 2.94. The first-order valence-electron chi connectivity index (χ1n) is 15.5. The molecule has 0 amide bonds. The molecule has 1 saturated heterocycles. The van der Waals surface area contributed by atoms with Gasteiger partial charge in [-0.15, -0.1) is 0 Å². The lowest BCUT2D eigenvalue weighted by molar-refractivity contribution is -0.394. The molecule has 0 aromatic heterocycles. The summed E-state index contributed by atoms with van der Waals surface area (Å²) in [5.74, 6) is -0.738. The number of aliphatic hydroxyl groups is 7. The third-order valence-electron chi connectivity index (χ3n) is 8.43. The Morgan fingerprint density at radius 2 is 1.41 bits per heavy atom. The minimum atomic E-state index is -1.63. The van der Waals surface area contributed by atoms with Crippen LogP contribution < -0.4 is 0 Å². The number of benzene rings is 1. The van der Waals surface area contributed by atoms with E-state index in [1.807, 2.05) is 20.8 Å². The third-order valence-corrected chi connectivity index (χ3v) is 8.43. The molecule has 1 heterocycles. The van der Waals surface area contributed by atoms with E-state index in [0.29, 0.717) is 30.4 Å². The van der Waals surface area contributed by atoms with Crippen LogP contribution in [0.5, 0.6) is 0 Å². The van der Waals surface area contributed by atoms with Crippen molar-refractivity contribution in [3.63, 3.8) is 0 Å². The highest BCUT2D eigenvalue weighted by Crippen LogP contribution is 2.38. The van der Waals surface area contributed by atoms with E-state index in [0.717, 1.165) is 12.5 Å². The molecule has 1 aromatic carbocycles. The maximum Gasteiger partial charge on any atom is 0.279 e. The van der Waals surface area contributed by atoms with Gasteiger partial charge >= 0.3 is 0 Å². The highest BCUT2D eigenvalue weighted by molar-refractivity contribution is 5.53. The highest BCUT2D eigenvalue weighted by Gasteiger charge is 2.49. The molecule has 1 aromatic rings. The maximum atomic E-state index is 11.0. The standard InChI is InChI=1S/C19H36O9.C12H16N2O4/c1-19(2,3)5-4-9-6-10(7-20)13(23)17(12(9)22)28-18-16(26)15(25)14(24)11(8-21)27-18;1-8-5-9(13(15)16)6-11(14(17)18)10(8)7-12(2,3)4/h9-18,20-26H,4-8H2,1-3H3;5-6H,7H2,1-4H3/t9-,10?,11?,12?,13+,14+,15+,16?,17-,18-;/m1./s1. The molecule has 0 radical (unpaired) electrons. The van der Waals surface area contributed by atoms with Crippen molar-refractivity contribution in [1.82, 2.24) is 0 Å². The molecule has 1 saturated carbocycles. The van der Waals surface area contributed by atoms with E-state index in [4.69, 9.17) is 9.47 Å². The SMILES string of the molecule is CC(C)(C)CC[C@@H]1CC(CO)[C@H](O)[C@H](O[C@H]2OC(CO)[C@H](O)[C@H](O)C2O)C1O.Cc1cc([N+](=O)[O-])cc([N+](=O)[O-])c1CC(C)(C)C. The molecule has 46 heavy (non-hydrogen) atoms. The molecule has 7 N–H and O–H groups in total. The second kappa shape index (κ2) is 16.2. The summed E-state index contributed by atoms with van der Waals surface area (Å²) in [6, 6.07) is 2.42. The van der Waals surface area contributed by atoms with Gasteiger partial charge in [0.2, 0.25) is 0 Å². The van der Waals surface area contributed by atoms with Gasteiger partial charge in [-0.05, 0) is 54.9 Å². The minimum Gasteiger partial charge on any atom is -0.396 e. The zero-order valence-corrected chi connectivity index (χ0v) is 27.6. The van der Waals surface area contributed by atoms with Crippen LogP contribution in [0.4, 0.5) is 11.4 Å². The Hall–Kier alpha value is -2.34. The Morgan fingerprint density at radius 3 is 1.89 bits per heavy atom. The van der Waals surface area contributed by atoms with Gasteiger partial charge in [0.1, 0.15) is 30.5 Å². The Balaban J connectivity index is 0.000000353. The van der Waals surface area contributed by atoms with Crippen LogP contribution in [0, 0.1) is 49.8 Å². The monoisotopic (exact) mass is 660 g/mol. The summed E-state index contributed by atoms with van der Waals surface area (Å²) in [6.45, 7) is 12.9. The van der Waals surface area contributed by atoms with Crippen LogP contribution >= 0.6 is 0 Å². The summed E-state index contributed by atoms with van der Waals surface area (Å²) < 4.78 is 11.0. The Bertz CT molecular complexity index is 1170. The molecule has 4 unspecified atom stereocenters. The van der Waals surface area contributed by atoms with E-state index in [-0.39, 0.29) is 34.7 Å². The van der Waals surface area contributed by atoms with Crippen molar-refractivity contribution in [1.29, 1.82) is 0 Å². The van der Waals surface area contributed by atoms with Crippen LogP contribution in [0.2, 0.25) is 0 Å². The summed E-state index contributed by atoms with van der Waals surface area (Å²) in [6.07, 6.45) is -8.33. The lowest BCUT2D eigenvalue weighted by Gasteiger charge is -2.46. The summed E-state index contributed by atoms with van der Waals surface area (Å²) in [7, 11) is 0. The normalized spacial score (nSPS) is 32.0. The lowest BCUT2D eigenvalue weighted by Crippen LogP contribution is -2.62. The molecule has 1 aliphatic heterocycles. The summed E-state index contributed by atoms with van der Waals surface area (Å²) in [5, 5.41) is 92.0. The number of nitro benzene ring substituents is 2. The van der Waals surface area contributed by atoms with Gasteiger partial charge in [0.15, 0.2) is 6.29 Å². The zero-order chi connectivity index (χ0) is 35.3. The number of rotatable bonds is 9. The zero-order valence-electron chi connectivity index (χ0n) is 27.6. The summed E-state index contributed by atoms with van der Waals surface area (Å²) in [5.41, 5.74) is 0.682. The van der Waals surface area contributed by atoms with Gasteiger partial charge in [-0.1, -0.05) is 41.5 Å². The highest BCUT2D eigenvalue weighted by atomic mass is 16.7. The van der Waals surface area contributed by atoms with Gasteiger partial charge in [-0.25, -0.2) is 0 Å². The van der Waals surface area contributed by atoms with Crippen LogP contribution in [0.1, 0.15) is 71.9 Å². The molecule has 0 spiro atoms. The van der Waals surface area contributed by atoms with Crippen molar-refractivity contribution in [2.45, 2.75) is 123 Å². The second-order valence-electron chi connectivity index (χ2n) is 14.8. The first-order chi connectivity index (χ1) is 21.1. The predicted molar refractivity (Wildman–Crippen MR) is 166 cm³/mol. The number of ether oxygens (including phenoxy) is 2. The molecule has 15 nitrogen and oxygen atoms in total. The molecule has 2 aliphatic rings. The van der Waals surface area contributed by atoms with Gasteiger partial charge in [-0.2, -0.15) is 0 Å². The number of non-ortho nitro benzene ring substituents is 1. The smallest absolute Gasteiger partial charge is 0.279 e. The average molecular weight is 661 g/mol. The lowest BCUT2D eigenvalue weighted by atomic mass is 9.72. The van der Waals surface area contributed by atoms with Crippen LogP contribution in [0.25, 0.3) is 0 Å². The van der Waals surface area contributed by atoms with Crippen molar-refractivity contribution in [2.24, 2.45) is 22.7 Å². The number of aryl methyl sites for hydroxylation is 1. The van der Waals surface area contributed by atoms with E-state index < -0.39 is 71.4 Å². The number of hydrogen-bond donors (Lipinski definition) is 7. The van der Waals surface area contributed by atoms with Gasteiger partial charge < -0.3 is 45.2 Å². The molecule has 1 aliphatic carbocycles. The van der Waals surface area contributed by atoms with Crippen molar-refractivity contribution in [2.75, 3.05) is 13.2 Å². The molecule has 2 fully saturated rings. The molecule has 10 atom stereocenters. The number of aliphatic hydroxyl groups excluding tert-OH is 7. The van der Waals surface area contributed by atoms with Crippen LogP contribution in [-0.2, 0) is 15.9 Å². The Labute approximate surface area is 269 Å². The van der Waals surface area contributed by atoms with Gasteiger partial charge in [-0.3, -0.25) is 20.2 Å². The first kappa shape index (κ1) is 39.8. The van der Waals surface area contributed by atoms with Crippen molar-refractivity contribution < 1.29 is 55.1 Å². The van der Waals surface area contributed by atoms with E-state index in [1.165, 1.54) is 6.07 Å². The molecule has 15 heteroatoms. The van der Waals surface area contributed by atoms with Gasteiger partial charge in [0.25, 0.3) is 11.4 Å². The molecule has 0 bridgehead atoms. The van der Waals surface area contributed by atoms with E-state index in [9.17, 15) is 56.0 Å². The predicted octanol–water partition coefficient (Wildman–Crippen LogP) is 1.75. The number of nitro groups is 2. The van der Waals surface area contributed by atoms with Crippen LogP contribution in [-0.4, -0.2) is 108 Å². The van der Waals surface area contributed by atoms with Gasteiger partial charge in [0, 0.05) is 24.2 Å². The third kappa shape index (κ3) is 10.6. The van der Waals surface area contributed by atoms with Crippen LogP contribution in [0.15, 0.2) is 12.1 Å². The molecule has 3 rings (SSSR count). The fraction of sp³-hybridized carbons (Fsp3) is 0.806. The largest absolute Gasteiger partial charge is 0.396 e. The molecule has 264 valence electrons. The fourth-order valence-electron chi connectivity index (χ4n) is 5.80. The van der Waals surface area contributed by atoms with Crippen molar-refractivity contribution in [3.8, 4) is 0 Å². The topological polar surface area (TPSA) is 246 Å². The molecular weight excluding hydrogens is 608 g/mol. The van der Waals surface area contributed by atoms with E-state index >= 15 is 0 Å². The minimum absolute atomic E-state index is 0.0537. The van der Waals surface area contributed by atoms with E-state index in [1.54, 1.807) is 6.92 Å². The number of nitrogens with zero attached hydrogens (tertiary/aromatic N) is 2. The van der Waals surface area contributed by atoms with Gasteiger partial charge in [0.05, 0.1) is 34.7 Å². The quantitative estimate of drug-likeness (QED) is 0.148. The fourth-order valence-corrected chi connectivity index (χ4v) is 5.80. The van der Waals surface area contributed by atoms with E-state index in [2.05, 4.69) is 20.8 Å². The first-order valence-corrected chi connectivity index (χ1v) is 15.5. The summed E-state index contributed by atoms with van der Waals surface area (Å²) >= 11 is 0. The second-order valence-corrected chi connectivity index (χ2v) is 14.8. The molecular formula is C31H52N2O13. The Morgan fingerprint density at radius 1 is 0.826 bits per heavy atom.